The van der Waals surface area contributed by atoms with Crippen LogP contribution >= 0.6 is 15.9 Å². The van der Waals surface area contributed by atoms with E-state index in [1.54, 1.807) is 0 Å². The molecule has 0 aromatic carbocycles. The van der Waals surface area contributed by atoms with Crippen LogP contribution in [0.4, 0.5) is 5.82 Å². The van der Waals surface area contributed by atoms with Crippen LogP contribution in [0.1, 0.15) is 31.7 Å². The van der Waals surface area contributed by atoms with Gasteiger partial charge in [-0.3, -0.25) is 0 Å². The van der Waals surface area contributed by atoms with E-state index in [1.807, 2.05) is 6.20 Å². The van der Waals surface area contributed by atoms with Gasteiger partial charge >= 0.3 is 0 Å². The number of aromatic nitrogens is 1. The number of hydrogen-bond donors (Lipinski definition) is 1. The van der Waals surface area contributed by atoms with Crippen LogP contribution in [0.3, 0.4) is 0 Å². The van der Waals surface area contributed by atoms with Crippen LogP contribution in [0.2, 0.25) is 0 Å². The molecule has 1 aliphatic rings. The molecular weight excluding hydrogens is 290 g/mol. The van der Waals surface area contributed by atoms with Crippen molar-refractivity contribution in [2.24, 2.45) is 0 Å². The summed E-state index contributed by atoms with van der Waals surface area (Å²) in [7, 11) is 0. The summed E-state index contributed by atoms with van der Waals surface area (Å²) in [6.45, 7) is 7.52. The van der Waals surface area contributed by atoms with Crippen molar-refractivity contribution in [2.75, 3.05) is 24.5 Å². The largest absolute Gasteiger partial charge is 0.352 e. The smallest absolute Gasteiger partial charge is 0.129 e. The van der Waals surface area contributed by atoms with Crippen molar-refractivity contribution in [3.63, 3.8) is 0 Å². The minimum absolute atomic E-state index is 0.590. The lowest BCUT2D eigenvalue weighted by Gasteiger charge is -2.37. The zero-order valence-electron chi connectivity index (χ0n) is 11.2. The second kappa shape index (κ2) is 6.53. The van der Waals surface area contributed by atoms with E-state index in [2.05, 4.69) is 51.0 Å². The molecule has 1 fully saturated rings. The molecule has 4 heteroatoms. The van der Waals surface area contributed by atoms with E-state index in [0.717, 1.165) is 29.9 Å². The molecule has 3 nitrogen and oxygen atoms in total. The van der Waals surface area contributed by atoms with Gasteiger partial charge in [-0.2, -0.15) is 0 Å². The van der Waals surface area contributed by atoms with E-state index in [0.29, 0.717) is 6.04 Å². The summed E-state index contributed by atoms with van der Waals surface area (Å²) in [4.78, 5) is 7.04. The van der Waals surface area contributed by atoms with Crippen molar-refractivity contribution < 1.29 is 0 Å². The Balaban J connectivity index is 2.14. The summed E-state index contributed by atoms with van der Waals surface area (Å²) in [5, 5.41) is 3.47. The van der Waals surface area contributed by atoms with Crippen molar-refractivity contribution in [2.45, 2.75) is 39.2 Å². The van der Waals surface area contributed by atoms with Gasteiger partial charge in [0.1, 0.15) is 5.82 Å². The minimum atomic E-state index is 0.590. The first-order chi connectivity index (χ1) is 8.72. The summed E-state index contributed by atoms with van der Waals surface area (Å²) in [6.07, 6.45) is 5.80. The molecule has 0 spiro atoms. The highest BCUT2D eigenvalue weighted by atomic mass is 79.9. The number of likely N-dealkylation sites (N-methyl/N-ethyl adjacent to an activating group) is 1. The third-order valence-electron chi connectivity index (χ3n) is 3.58. The van der Waals surface area contributed by atoms with Crippen LogP contribution in [0, 0.1) is 6.92 Å². The molecule has 0 bridgehead atoms. The van der Waals surface area contributed by atoms with Crippen LogP contribution in [-0.4, -0.2) is 30.7 Å². The Kier molecular flexibility index (Phi) is 5.01. The summed E-state index contributed by atoms with van der Waals surface area (Å²) in [6, 6.07) is 2.78. The second-order valence-corrected chi connectivity index (χ2v) is 5.80. The maximum atomic E-state index is 4.57. The van der Waals surface area contributed by atoms with Gasteiger partial charge in [-0.25, -0.2) is 4.98 Å². The second-order valence-electron chi connectivity index (χ2n) is 4.94. The normalized spacial score (nSPS) is 20.2. The van der Waals surface area contributed by atoms with E-state index in [9.17, 15) is 0 Å². The quantitative estimate of drug-likeness (QED) is 0.926. The Bertz CT molecular complexity index is 395. The van der Waals surface area contributed by atoms with E-state index in [4.69, 9.17) is 0 Å². The van der Waals surface area contributed by atoms with Crippen molar-refractivity contribution in [3.8, 4) is 0 Å². The molecule has 0 aliphatic carbocycles. The number of anilines is 1. The van der Waals surface area contributed by atoms with Crippen molar-refractivity contribution in [3.05, 3.63) is 22.3 Å². The lowest BCUT2D eigenvalue weighted by atomic mass is 10.0. The van der Waals surface area contributed by atoms with Crippen molar-refractivity contribution in [1.82, 2.24) is 10.3 Å². The topological polar surface area (TPSA) is 28.2 Å². The average Bonchev–Trinajstić information content (AvgIpc) is 2.40. The number of nitrogens with zero attached hydrogens (tertiary/aromatic N) is 2. The first-order valence-corrected chi connectivity index (χ1v) is 7.61. The highest BCUT2D eigenvalue weighted by Gasteiger charge is 2.23. The van der Waals surface area contributed by atoms with Crippen LogP contribution in [0.5, 0.6) is 0 Å². The van der Waals surface area contributed by atoms with Gasteiger partial charge in [-0.15, -0.1) is 0 Å². The van der Waals surface area contributed by atoms with Gasteiger partial charge in [0, 0.05) is 29.8 Å². The van der Waals surface area contributed by atoms with Gasteiger partial charge in [-0.05, 0) is 60.3 Å². The monoisotopic (exact) mass is 311 g/mol. The predicted octanol–water partition coefficient (Wildman–Crippen LogP) is 3.12. The minimum Gasteiger partial charge on any atom is -0.352 e. The third kappa shape index (κ3) is 3.23. The molecule has 18 heavy (non-hydrogen) atoms. The molecule has 1 unspecified atom stereocenters. The average molecular weight is 312 g/mol. The van der Waals surface area contributed by atoms with E-state index in [1.165, 1.54) is 24.8 Å². The molecule has 0 amide bonds. The number of nitrogens with one attached hydrogen (secondary N) is 1. The Labute approximate surface area is 118 Å². The fraction of sp³-hybridized carbons (Fsp3) is 0.643. The predicted molar refractivity (Wildman–Crippen MR) is 80.2 cm³/mol. The molecule has 100 valence electrons. The molecular formula is C14H22BrN3. The van der Waals surface area contributed by atoms with Crippen molar-refractivity contribution >= 4 is 21.7 Å². The number of hydrogen-bond acceptors (Lipinski definition) is 3. The van der Waals surface area contributed by atoms with Gasteiger partial charge < -0.3 is 10.2 Å². The summed E-state index contributed by atoms with van der Waals surface area (Å²) >= 11 is 3.52. The molecule has 1 aromatic heterocycles. The third-order valence-corrected chi connectivity index (χ3v) is 4.41. The lowest BCUT2D eigenvalue weighted by Crippen LogP contribution is -2.46. The number of halogens is 1. The van der Waals surface area contributed by atoms with Crippen LogP contribution < -0.4 is 10.2 Å². The zero-order chi connectivity index (χ0) is 13.0. The number of pyridine rings is 1. The first kappa shape index (κ1) is 13.8. The fourth-order valence-corrected chi connectivity index (χ4v) is 2.72. The molecule has 0 radical (unpaired) electrons. The lowest BCUT2D eigenvalue weighted by molar-refractivity contribution is 0.436. The highest BCUT2D eigenvalue weighted by Crippen LogP contribution is 2.25. The van der Waals surface area contributed by atoms with Crippen LogP contribution in [-0.2, 0) is 0 Å². The number of rotatable bonds is 4. The Hall–Kier alpha value is -0.610. The summed E-state index contributed by atoms with van der Waals surface area (Å²) in [5.74, 6) is 1.12. The van der Waals surface area contributed by atoms with E-state index in [-0.39, 0.29) is 0 Å². The summed E-state index contributed by atoms with van der Waals surface area (Å²) in [5.41, 5.74) is 1.26. The maximum absolute atomic E-state index is 4.57. The van der Waals surface area contributed by atoms with Crippen LogP contribution in [0.15, 0.2) is 16.7 Å². The Morgan fingerprint density at radius 1 is 1.50 bits per heavy atom. The van der Waals surface area contributed by atoms with E-state index < -0.39 is 0 Å². The zero-order valence-corrected chi connectivity index (χ0v) is 12.8. The van der Waals surface area contributed by atoms with Crippen molar-refractivity contribution in [1.29, 1.82) is 0 Å². The molecule has 1 atom stereocenters. The van der Waals surface area contributed by atoms with Gasteiger partial charge in [-0.1, -0.05) is 6.92 Å². The molecule has 1 aliphatic heterocycles. The molecule has 1 saturated heterocycles. The van der Waals surface area contributed by atoms with Crippen LogP contribution in [0.25, 0.3) is 0 Å². The standard InChI is InChI=1S/C14H22BrN3/c1-3-16-9-12-6-4-5-7-18(12)14-8-11(2)13(15)10-17-14/h8,10,12,16H,3-7,9H2,1-2H3. The molecule has 1 N–H and O–H groups in total. The first-order valence-electron chi connectivity index (χ1n) is 6.82. The molecule has 1 aromatic rings. The maximum Gasteiger partial charge on any atom is 0.129 e. The summed E-state index contributed by atoms with van der Waals surface area (Å²) < 4.78 is 1.09. The molecule has 2 rings (SSSR count). The van der Waals surface area contributed by atoms with E-state index >= 15 is 0 Å². The van der Waals surface area contributed by atoms with Gasteiger partial charge in [0.15, 0.2) is 0 Å². The fourth-order valence-electron chi connectivity index (χ4n) is 2.51. The number of piperidine rings is 1. The number of aryl methyl sites for hydroxylation is 1. The molecule has 2 heterocycles. The molecule has 0 saturated carbocycles. The van der Waals surface area contributed by atoms with Gasteiger partial charge in [0.25, 0.3) is 0 Å². The van der Waals surface area contributed by atoms with Gasteiger partial charge in [0.05, 0.1) is 0 Å². The SMILES string of the molecule is CCNCC1CCCCN1c1cc(C)c(Br)cn1. The Morgan fingerprint density at radius 3 is 3.06 bits per heavy atom. The highest BCUT2D eigenvalue weighted by molar-refractivity contribution is 9.10. The van der Waals surface area contributed by atoms with Gasteiger partial charge in [0.2, 0.25) is 0 Å². The Morgan fingerprint density at radius 2 is 2.33 bits per heavy atom.